The Morgan fingerprint density at radius 1 is 1.24 bits per heavy atom. The van der Waals surface area contributed by atoms with Gasteiger partial charge in [0.05, 0.1) is 0 Å². The van der Waals surface area contributed by atoms with Crippen LogP contribution in [0.1, 0.15) is 27.7 Å². The van der Waals surface area contributed by atoms with E-state index in [1.54, 1.807) is 7.05 Å². The molecule has 0 bridgehead atoms. The van der Waals surface area contributed by atoms with Crippen LogP contribution in [0.2, 0.25) is 0 Å². The van der Waals surface area contributed by atoms with Crippen molar-refractivity contribution < 1.29 is 0 Å². The van der Waals surface area contributed by atoms with Gasteiger partial charge in [-0.05, 0) is 27.7 Å². The number of nitrogens with two attached hydrogens (primary N) is 1. The molecular formula is C17H28N6O2. The Morgan fingerprint density at radius 3 is 2.36 bits per heavy atom. The molecule has 0 aliphatic rings. The predicted molar refractivity (Wildman–Crippen MR) is 101 cm³/mol. The average molecular weight is 348 g/mol. The molecule has 0 spiro atoms. The van der Waals surface area contributed by atoms with Crippen molar-refractivity contribution in [1.82, 2.24) is 18.7 Å². The number of hydrogen-bond donors (Lipinski definition) is 1. The highest BCUT2D eigenvalue weighted by Crippen LogP contribution is 2.21. The first-order valence-corrected chi connectivity index (χ1v) is 8.36. The zero-order valence-electron chi connectivity index (χ0n) is 16.1. The summed E-state index contributed by atoms with van der Waals surface area (Å²) in [5.41, 5.74) is 7.24. The summed E-state index contributed by atoms with van der Waals surface area (Å²) in [5.74, 6) is 0.621. The van der Waals surface area contributed by atoms with E-state index in [0.717, 1.165) is 10.1 Å². The van der Waals surface area contributed by atoms with Gasteiger partial charge in [-0.2, -0.15) is 4.98 Å². The highest BCUT2D eigenvalue weighted by molar-refractivity contribution is 5.74. The van der Waals surface area contributed by atoms with Gasteiger partial charge in [0.1, 0.15) is 0 Å². The van der Waals surface area contributed by atoms with Gasteiger partial charge in [0.2, 0.25) is 5.95 Å². The van der Waals surface area contributed by atoms with Crippen LogP contribution in [0.25, 0.3) is 11.2 Å². The Hall–Kier alpha value is -2.35. The molecule has 25 heavy (non-hydrogen) atoms. The SMILES string of the molecule is CC(C)=CCn1c(N(C)C(C)C(C)N)nc2c1c(=O)n(C)c(=O)n2C. The van der Waals surface area contributed by atoms with Gasteiger partial charge >= 0.3 is 5.69 Å². The van der Waals surface area contributed by atoms with E-state index in [1.165, 1.54) is 11.6 Å². The number of imidazole rings is 1. The van der Waals surface area contributed by atoms with E-state index in [-0.39, 0.29) is 23.3 Å². The number of nitrogens with zero attached hydrogens (tertiary/aromatic N) is 5. The van der Waals surface area contributed by atoms with Crippen molar-refractivity contribution >= 4 is 17.1 Å². The molecule has 2 rings (SSSR count). The normalized spacial score (nSPS) is 13.8. The molecule has 2 atom stereocenters. The largest absolute Gasteiger partial charge is 0.341 e. The Balaban J connectivity index is 2.85. The zero-order chi connectivity index (χ0) is 19.0. The van der Waals surface area contributed by atoms with Crippen molar-refractivity contribution in [2.45, 2.75) is 46.3 Å². The van der Waals surface area contributed by atoms with Crippen LogP contribution in [0.3, 0.4) is 0 Å². The molecule has 0 amide bonds. The fraction of sp³-hybridized carbons (Fsp3) is 0.588. The Bertz CT molecular complexity index is 927. The summed E-state index contributed by atoms with van der Waals surface area (Å²) in [5, 5.41) is 0. The summed E-state index contributed by atoms with van der Waals surface area (Å²) in [6.07, 6.45) is 2.03. The second kappa shape index (κ2) is 6.87. The van der Waals surface area contributed by atoms with Crippen LogP contribution in [0.5, 0.6) is 0 Å². The molecule has 0 aliphatic heterocycles. The quantitative estimate of drug-likeness (QED) is 0.798. The van der Waals surface area contributed by atoms with Gasteiger partial charge in [0, 0.05) is 39.8 Å². The Morgan fingerprint density at radius 2 is 1.84 bits per heavy atom. The lowest BCUT2D eigenvalue weighted by Gasteiger charge is -2.29. The number of hydrogen-bond acceptors (Lipinski definition) is 5. The smallest absolute Gasteiger partial charge is 0.332 e. The fourth-order valence-electron chi connectivity index (χ4n) is 2.69. The molecule has 2 N–H and O–H groups in total. The Labute approximate surface area is 147 Å². The first-order chi connectivity index (χ1) is 11.6. The standard InChI is InChI=1S/C17H28N6O2/c1-10(2)8-9-23-13-14(21(6)17(25)22(7)15(13)24)19-16(23)20(5)12(4)11(3)18/h8,11-12H,9,18H2,1-7H3. The molecule has 2 aromatic rings. The number of allylic oxidation sites excluding steroid dienone is 2. The van der Waals surface area contributed by atoms with E-state index in [9.17, 15) is 9.59 Å². The minimum atomic E-state index is -0.390. The molecule has 0 radical (unpaired) electrons. The highest BCUT2D eigenvalue weighted by Gasteiger charge is 2.24. The lowest BCUT2D eigenvalue weighted by atomic mass is 10.2. The predicted octanol–water partition coefficient (Wildman–Crippen LogP) is 0.572. The van der Waals surface area contributed by atoms with Gasteiger partial charge < -0.3 is 15.2 Å². The van der Waals surface area contributed by atoms with Gasteiger partial charge in [-0.15, -0.1) is 0 Å². The lowest BCUT2D eigenvalue weighted by Crippen LogP contribution is -2.43. The molecule has 138 valence electrons. The zero-order valence-corrected chi connectivity index (χ0v) is 16.1. The third kappa shape index (κ3) is 3.26. The molecule has 2 aromatic heterocycles. The average Bonchev–Trinajstić information content (AvgIpc) is 2.94. The maximum Gasteiger partial charge on any atom is 0.332 e. The molecular weight excluding hydrogens is 320 g/mol. The topological polar surface area (TPSA) is 91.1 Å². The van der Waals surface area contributed by atoms with Gasteiger partial charge in [0.25, 0.3) is 5.56 Å². The number of anilines is 1. The van der Waals surface area contributed by atoms with Gasteiger partial charge in [-0.3, -0.25) is 13.9 Å². The van der Waals surface area contributed by atoms with Gasteiger partial charge in [-0.1, -0.05) is 11.6 Å². The second-order valence-corrected chi connectivity index (χ2v) is 6.89. The summed E-state index contributed by atoms with van der Waals surface area (Å²) < 4.78 is 4.37. The third-order valence-electron chi connectivity index (χ3n) is 4.70. The molecule has 0 saturated heterocycles. The lowest BCUT2D eigenvalue weighted by molar-refractivity contribution is 0.557. The maximum absolute atomic E-state index is 12.7. The van der Waals surface area contributed by atoms with E-state index < -0.39 is 0 Å². The summed E-state index contributed by atoms with van der Waals surface area (Å²) in [7, 11) is 5.01. The summed E-state index contributed by atoms with van der Waals surface area (Å²) in [6, 6.07) is -0.0588. The first-order valence-electron chi connectivity index (χ1n) is 8.36. The van der Waals surface area contributed by atoms with Crippen LogP contribution in [0, 0.1) is 0 Å². The minimum absolute atomic E-state index is 0.0168. The van der Waals surface area contributed by atoms with E-state index in [2.05, 4.69) is 4.98 Å². The molecule has 0 saturated carbocycles. The van der Waals surface area contributed by atoms with Crippen LogP contribution in [0.15, 0.2) is 21.2 Å². The van der Waals surface area contributed by atoms with Crippen molar-refractivity contribution in [2.75, 3.05) is 11.9 Å². The maximum atomic E-state index is 12.7. The molecule has 0 fully saturated rings. The summed E-state index contributed by atoms with van der Waals surface area (Å²) in [6.45, 7) is 8.44. The van der Waals surface area contributed by atoms with Crippen molar-refractivity contribution in [2.24, 2.45) is 19.8 Å². The van der Waals surface area contributed by atoms with Gasteiger partial charge in [-0.25, -0.2) is 4.79 Å². The van der Waals surface area contributed by atoms with Crippen molar-refractivity contribution in [3.05, 3.63) is 32.5 Å². The van der Waals surface area contributed by atoms with E-state index in [1.807, 2.05) is 50.3 Å². The summed E-state index contributed by atoms with van der Waals surface area (Å²) in [4.78, 5) is 31.5. The van der Waals surface area contributed by atoms with Crippen molar-refractivity contribution in [3.63, 3.8) is 0 Å². The molecule has 2 heterocycles. The first kappa shape index (κ1) is 19.0. The molecule has 8 nitrogen and oxygen atoms in total. The third-order valence-corrected chi connectivity index (χ3v) is 4.70. The van der Waals surface area contributed by atoms with Crippen LogP contribution in [-0.2, 0) is 20.6 Å². The van der Waals surface area contributed by atoms with Crippen LogP contribution in [0.4, 0.5) is 5.95 Å². The molecule has 2 unspecified atom stereocenters. The van der Waals surface area contributed by atoms with Gasteiger partial charge in [0.15, 0.2) is 11.2 Å². The molecule has 0 aliphatic carbocycles. The van der Waals surface area contributed by atoms with Crippen LogP contribution in [-0.4, -0.2) is 37.8 Å². The second-order valence-electron chi connectivity index (χ2n) is 6.89. The fourth-order valence-corrected chi connectivity index (χ4v) is 2.69. The Kier molecular flexibility index (Phi) is 5.22. The van der Waals surface area contributed by atoms with Crippen LogP contribution < -0.4 is 21.9 Å². The number of aryl methyl sites for hydroxylation is 1. The highest BCUT2D eigenvalue weighted by atomic mass is 16.2. The van der Waals surface area contributed by atoms with E-state index in [4.69, 9.17) is 5.73 Å². The minimum Gasteiger partial charge on any atom is -0.341 e. The van der Waals surface area contributed by atoms with Crippen molar-refractivity contribution in [3.8, 4) is 0 Å². The summed E-state index contributed by atoms with van der Waals surface area (Å²) >= 11 is 0. The van der Waals surface area contributed by atoms with Crippen LogP contribution >= 0.6 is 0 Å². The monoisotopic (exact) mass is 348 g/mol. The number of fused-ring (bicyclic) bond motifs is 1. The van der Waals surface area contributed by atoms with E-state index >= 15 is 0 Å². The molecule has 0 aromatic carbocycles. The number of likely N-dealkylation sites (N-methyl/N-ethyl adjacent to an activating group) is 1. The molecule has 8 heteroatoms. The number of rotatable bonds is 5. The number of aromatic nitrogens is 4. The van der Waals surface area contributed by atoms with Crippen molar-refractivity contribution in [1.29, 1.82) is 0 Å². The van der Waals surface area contributed by atoms with E-state index in [0.29, 0.717) is 23.7 Å².